The Labute approximate surface area is 170 Å². The molecule has 1 atom stereocenters. The van der Waals surface area contributed by atoms with E-state index in [2.05, 4.69) is 4.98 Å². The smallest absolute Gasteiger partial charge is 0.253 e. The molecular weight excluding hydrogens is 364 g/mol. The van der Waals surface area contributed by atoms with Crippen molar-refractivity contribution in [3.63, 3.8) is 0 Å². The molecule has 0 radical (unpaired) electrons. The summed E-state index contributed by atoms with van der Waals surface area (Å²) in [6, 6.07) is 19.2. The van der Waals surface area contributed by atoms with Gasteiger partial charge in [0.15, 0.2) is 0 Å². The fraction of sp³-hybridized carbons (Fsp3) is 0.333. The standard InChI is InChI=1S/C24H26N2O3/c27-18-24(12-15-29-21-7-2-1-3-8-21)11-5-14-26(17-24)23(28)20-9-10-22-19(16-20)6-4-13-25-22/h1-4,6-10,13,16,27H,5,11-12,14-15,17-18H2. The summed E-state index contributed by atoms with van der Waals surface area (Å²) in [4.78, 5) is 19.3. The highest BCUT2D eigenvalue weighted by molar-refractivity contribution is 5.98. The summed E-state index contributed by atoms with van der Waals surface area (Å²) >= 11 is 0. The molecule has 1 aliphatic rings. The molecule has 1 fully saturated rings. The molecule has 29 heavy (non-hydrogen) atoms. The van der Waals surface area contributed by atoms with Crippen molar-refractivity contribution in [1.82, 2.24) is 9.88 Å². The summed E-state index contributed by atoms with van der Waals surface area (Å²) < 4.78 is 5.84. The quantitative estimate of drug-likeness (QED) is 0.693. The number of amides is 1. The number of hydrogen-bond acceptors (Lipinski definition) is 4. The molecule has 1 aliphatic heterocycles. The van der Waals surface area contributed by atoms with Crippen LogP contribution in [0.3, 0.4) is 0 Å². The lowest BCUT2D eigenvalue weighted by molar-refractivity contribution is 0.0156. The minimum atomic E-state index is -0.318. The molecule has 1 aromatic heterocycles. The molecule has 150 valence electrons. The van der Waals surface area contributed by atoms with Gasteiger partial charge in [-0.15, -0.1) is 0 Å². The largest absolute Gasteiger partial charge is 0.494 e. The van der Waals surface area contributed by atoms with Gasteiger partial charge in [-0.2, -0.15) is 0 Å². The fourth-order valence-corrected chi connectivity index (χ4v) is 4.09. The van der Waals surface area contributed by atoms with Gasteiger partial charge in [0.05, 0.1) is 18.7 Å². The van der Waals surface area contributed by atoms with Gasteiger partial charge in [0.1, 0.15) is 5.75 Å². The minimum absolute atomic E-state index is 0.0113. The van der Waals surface area contributed by atoms with Gasteiger partial charge in [0, 0.05) is 35.7 Å². The Hall–Kier alpha value is -2.92. The van der Waals surface area contributed by atoms with Gasteiger partial charge in [0.2, 0.25) is 0 Å². The van der Waals surface area contributed by atoms with Crippen LogP contribution in [0.15, 0.2) is 66.9 Å². The Morgan fingerprint density at radius 2 is 2.00 bits per heavy atom. The number of carbonyl (C=O) groups is 1. The van der Waals surface area contributed by atoms with Gasteiger partial charge in [-0.25, -0.2) is 0 Å². The van der Waals surface area contributed by atoms with Gasteiger partial charge in [0.25, 0.3) is 5.91 Å². The molecule has 0 spiro atoms. The monoisotopic (exact) mass is 390 g/mol. The Morgan fingerprint density at radius 3 is 2.83 bits per heavy atom. The van der Waals surface area contributed by atoms with Crippen molar-refractivity contribution in [1.29, 1.82) is 0 Å². The number of aliphatic hydroxyl groups is 1. The number of pyridine rings is 1. The topological polar surface area (TPSA) is 62.7 Å². The molecule has 0 bridgehead atoms. The molecule has 1 N–H and O–H groups in total. The summed E-state index contributed by atoms with van der Waals surface area (Å²) in [7, 11) is 0. The third-order valence-electron chi connectivity index (χ3n) is 5.78. The van der Waals surface area contributed by atoms with Crippen molar-refractivity contribution in [2.75, 3.05) is 26.3 Å². The van der Waals surface area contributed by atoms with Crippen LogP contribution >= 0.6 is 0 Å². The lowest BCUT2D eigenvalue weighted by Gasteiger charge is -2.42. The molecular formula is C24H26N2O3. The molecule has 2 aromatic carbocycles. The maximum absolute atomic E-state index is 13.1. The van der Waals surface area contributed by atoms with E-state index in [1.54, 1.807) is 6.20 Å². The second-order valence-electron chi connectivity index (χ2n) is 7.81. The SMILES string of the molecule is O=C(c1ccc2ncccc2c1)N1CCCC(CO)(CCOc2ccccc2)C1. The van der Waals surface area contributed by atoms with E-state index in [9.17, 15) is 9.90 Å². The number of benzene rings is 2. The summed E-state index contributed by atoms with van der Waals surface area (Å²) in [5.41, 5.74) is 1.23. The van der Waals surface area contributed by atoms with Crippen LogP contribution in [0.5, 0.6) is 5.75 Å². The third-order valence-corrected chi connectivity index (χ3v) is 5.78. The van der Waals surface area contributed by atoms with E-state index in [1.807, 2.05) is 65.6 Å². The number of piperidine rings is 1. The second-order valence-corrected chi connectivity index (χ2v) is 7.81. The predicted molar refractivity (Wildman–Crippen MR) is 113 cm³/mol. The Kier molecular flexibility index (Phi) is 5.76. The molecule has 2 heterocycles. The highest BCUT2D eigenvalue weighted by Crippen LogP contribution is 2.34. The lowest BCUT2D eigenvalue weighted by Crippen LogP contribution is -2.48. The van der Waals surface area contributed by atoms with Crippen LogP contribution in [0.2, 0.25) is 0 Å². The van der Waals surface area contributed by atoms with Crippen molar-refractivity contribution in [2.24, 2.45) is 5.41 Å². The average Bonchev–Trinajstić information content (AvgIpc) is 2.79. The number of nitrogens with zero attached hydrogens (tertiary/aromatic N) is 2. The van der Waals surface area contributed by atoms with Crippen LogP contribution in [-0.4, -0.2) is 47.2 Å². The first-order valence-electron chi connectivity index (χ1n) is 10.1. The number of ether oxygens (including phenoxy) is 1. The van der Waals surface area contributed by atoms with Gasteiger partial charge in [-0.3, -0.25) is 9.78 Å². The Bertz CT molecular complexity index is 976. The molecule has 5 heteroatoms. The normalized spacial score (nSPS) is 19.3. The number of hydrogen-bond donors (Lipinski definition) is 1. The molecule has 1 saturated heterocycles. The maximum Gasteiger partial charge on any atom is 0.253 e. The third kappa shape index (κ3) is 4.40. The summed E-state index contributed by atoms with van der Waals surface area (Å²) in [5, 5.41) is 11.1. The first-order valence-corrected chi connectivity index (χ1v) is 10.1. The van der Waals surface area contributed by atoms with Gasteiger partial charge < -0.3 is 14.7 Å². The average molecular weight is 390 g/mol. The highest BCUT2D eigenvalue weighted by atomic mass is 16.5. The molecule has 1 amide bonds. The number of rotatable bonds is 6. The fourth-order valence-electron chi connectivity index (χ4n) is 4.09. The number of carbonyl (C=O) groups excluding carboxylic acids is 1. The summed E-state index contributed by atoms with van der Waals surface area (Å²) in [6.07, 6.45) is 4.24. The molecule has 5 nitrogen and oxygen atoms in total. The van der Waals surface area contributed by atoms with Crippen LogP contribution < -0.4 is 4.74 Å². The van der Waals surface area contributed by atoms with Crippen LogP contribution in [0.4, 0.5) is 0 Å². The second kappa shape index (κ2) is 8.62. The molecule has 0 saturated carbocycles. The zero-order chi connectivity index (χ0) is 20.1. The van der Waals surface area contributed by atoms with E-state index in [4.69, 9.17) is 4.74 Å². The number of aromatic nitrogens is 1. The van der Waals surface area contributed by atoms with Crippen molar-refractivity contribution >= 4 is 16.8 Å². The number of likely N-dealkylation sites (tertiary alicyclic amines) is 1. The predicted octanol–water partition coefficient (Wildman–Crippen LogP) is 3.92. The number of fused-ring (bicyclic) bond motifs is 1. The van der Waals surface area contributed by atoms with E-state index >= 15 is 0 Å². The first-order chi connectivity index (χ1) is 14.2. The molecule has 0 aliphatic carbocycles. The van der Waals surface area contributed by atoms with E-state index in [1.165, 1.54) is 0 Å². The van der Waals surface area contributed by atoms with Crippen LogP contribution in [0, 0.1) is 5.41 Å². The van der Waals surface area contributed by atoms with E-state index < -0.39 is 0 Å². The molecule has 4 rings (SSSR count). The van der Waals surface area contributed by atoms with E-state index in [0.717, 1.165) is 29.5 Å². The summed E-state index contributed by atoms with van der Waals surface area (Å²) in [6.45, 7) is 1.83. The van der Waals surface area contributed by atoms with Crippen LogP contribution in [0.1, 0.15) is 29.6 Å². The van der Waals surface area contributed by atoms with Crippen molar-refractivity contribution in [3.05, 3.63) is 72.4 Å². The zero-order valence-electron chi connectivity index (χ0n) is 16.5. The lowest BCUT2D eigenvalue weighted by atomic mass is 9.78. The number of para-hydroxylation sites is 1. The first kappa shape index (κ1) is 19.4. The van der Waals surface area contributed by atoms with Crippen molar-refractivity contribution < 1.29 is 14.6 Å². The van der Waals surface area contributed by atoms with Crippen LogP contribution in [0.25, 0.3) is 10.9 Å². The zero-order valence-corrected chi connectivity index (χ0v) is 16.5. The van der Waals surface area contributed by atoms with Gasteiger partial charge in [-0.1, -0.05) is 24.3 Å². The van der Waals surface area contributed by atoms with Gasteiger partial charge >= 0.3 is 0 Å². The van der Waals surface area contributed by atoms with Crippen molar-refractivity contribution in [3.8, 4) is 5.75 Å². The van der Waals surface area contributed by atoms with Crippen molar-refractivity contribution in [2.45, 2.75) is 19.3 Å². The summed E-state index contributed by atoms with van der Waals surface area (Å²) in [5.74, 6) is 0.839. The molecule has 3 aromatic rings. The van der Waals surface area contributed by atoms with E-state index in [-0.39, 0.29) is 17.9 Å². The van der Waals surface area contributed by atoms with Gasteiger partial charge in [-0.05, 0) is 55.7 Å². The van der Waals surface area contributed by atoms with E-state index in [0.29, 0.717) is 31.7 Å². The minimum Gasteiger partial charge on any atom is -0.494 e. The highest BCUT2D eigenvalue weighted by Gasteiger charge is 2.37. The van der Waals surface area contributed by atoms with Crippen LogP contribution in [-0.2, 0) is 0 Å². The maximum atomic E-state index is 13.1. The molecule has 1 unspecified atom stereocenters. The Morgan fingerprint density at radius 1 is 1.14 bits per heavy atom. The number of aliphatic hydroxyl groups excluding tert-OH is 1. The Balaban J connectivity index is 1.44.